The molecule has 0 aromatic heterocycles. The number of rotatable bonds is 0. The molecule has 1 aliphatic heterocycles. The summed E-state index contributed by atoms with van der Waals surface area (Å²) in [6, 6.07) is -0.0709. The third-order valence-corrected chi connectivity index (χ3v) is 2.87. The Labute approximate surface area is 70.1 Å². The van der Waals surface area contributed by atoms with E-state index in [4.69, 9.17) is 10.5 Å². The second-order valence-electron chi connectivity index (χ2n) is 3.90. The van der Waals surface area contributed by atoms with Gasteiger partial charge in [0.15, 0.2) is 0 Å². The van der Waals surface area contributed by atoms with Gasteiger partial charge in [0, 0.05) is 30.7 Å². The zero-order valence-corrected chi connectivity index (χ0v) is 6.80. The first-order valence-electron chi connectivity index (χ1n) is 4.30. The first-order valence-corrected chi connectivity index (χ1v) is 4.30. The maximum atomic E-state index is 13.0. The van der Waals surface area contributed by atoms with Crippen LogP contribution in [0.2, 0.25) is 0 Å². The van der Waals surface area contributed by atoms with Crippen LogP contribution in [0.3, 0.4) is 0 Å². The van der Waals surface area contributed by atoms with E-state index < -0.39 is 5.92 Å². The molecule has 0 amide bonds. The van der Waals surface area contributed by atoms with Gasteiger partial charge in [-0.2, -0.15) is 0 Å². The van der Waals surface area contributed by atoms with Crippen LogP contribution in [0, 0.1) is 11.8 Å². The minimum Gasteiger partial charge on any atom is -0.381 e. The molecule has 2 nitrogen and oxygen atoms in total. The van der Waals surface area contributed by atoms with Crippen molar-refractivity contribution < 1.29 is 13.5 Å². The number of ether oxygens (including phenoxy) is 1. The van der Waals surface area contributed by atoms with Gasteiger partial charge in [0.1, 0.15) is 0 Å². The van der Waals surface area contributed by atoms with Gasteiger partial charge in [-0.1, -0.05) is 0 Å². The molecule has 1 saturated heterocycles. The molecular formula is C8H13F2NO. The van der Waals surface area contributed by atoms with E-state index in [1.165, 1.54) is 0 Å². The van der Waals surface area contributed by atoms with E-state index in [0.717, 1.165) is 0 Å². The van der Waals surface area contributed by atoms with E-state index in [0.29, 0.717) is 13.2 Å². The van der Waals surface area contributed by atoms with Crippen molar-refractivity contribution in [3.05, 3.63) is 0 Å². The quantitative estimate of drug-likeness (QED) is 0.599. The highest BCUT2D eigenvalue weighted by molar-refractivity contribution is 4.94. The molecule has 2 unspecified atom stereocenters. The Balaban J connectivity index is 2.12. The summed E-state index contributed by atoms with van der Waals surface area (Å²) >= 11 is 0. The lowest BCUT2D eigenvalue weighted by molar-refractivity contribution is -0.134. The van der Waals surface area contributed by atoms with E-state index in [-0.39, 0.29) is 30.7 Å². The number of nitrogens with two attached hydrogens (primary N) is 1. The zero-order chi connectivity index (χ0) is 8.77. The van der Waals surface area contributed by atoms with Gasteiger partial charge in [-0.05, 0) is 0 Å². The van der Waals surface area contributed by atoms with Crippen molar-refractivity contribution in [1.29, 1.82) is 0 Å². The van der Waals surface area contributed by atoms with Crippen molar-refractivity contribution in [1.82, 2.24) is 0 Å². The van der Waals surface area contributed by atoms with Gasteiger partial charge in [0.2, 0.25) is 5.92 Å². The second-order valence-corrected chi connectivity index (χ2v) is 3.90. The lowest BCUT2D eigenvalue weighted by Gasteiger charge is -2.43. The van der Waals surface area contributed by atoms with Crippen molar-refractivity contribution in [2.24, 2.45) is 17.6 Å². The van der Waals surface area contributed by atoms with Gasteiger partial charge >= 0.3 is 0 Å². The van der Waals surface area contributed by atoms with E-state index in [1.807, 2.05) is 0 Å². The Morgan fingerprint density at radius 2 is 1.67 bits per heavy atom. The van der Waals surface area contributed by atoms with Crippen LogP contribution < -0.4 is 5.73 Å². The highest BCUT2D eigenvalue weighted by Gasteiger charge is 2.47. The average molecular weight is 177 g/mol. The summed E-state index contributed by atoms with van der Waals surface area (Å²) in [6.07, 6.45) is -0.185. The number of hydrogen-bond donors (Lipinski definition) is 1. The highest BCUT2D eigenvalue weighted by atomic mass is 19.3. The Bertz CT molecular complexity index is 170. The number of halogens is 2. The Hall–Kier alpha value is -0.220. The van der Waals surface area contributed by atoms with Gasteiger partial charge in [0.25, 0.3) is 0 Å². The molecule has 70 valence electrons. The molecule has 1 saturated carbocycles. The van der Waals surface area contributed by atoms with Gasteiger partial charge in [-0.15, -0.1) is 0 Å². The van der Waals surface area contributed by atoms with Crippen LogP contribution in [0.15, 0.2) is 0 Å². The van der Waals surface area contributed by atoms with Gasteiger partial charge < -0.3 is 10.5 Å². The fraction of sp³-hybridized carbons (Fsp3) is 1.00. The normalized spacial score (nSPS) is 45.8. The van der Waals surface area contributed by atoms with Crippen LogP contribution in [0.25, 0.3) is 0 Å². The molecule has 2 rings (SSSR count). The van der Waals surface area contributed by atoms with Crippen LogP contribution in [0.5, 0.6) is 0 Å². The first kappa shape index (κ1) is 8.38. The molecule has 2 aliphatic rings. The van der Waals surface area contributed by atoms with Crippen LogP contribution in [-0.2, 0) is 4.74 Å². The summed E-state index contributed by atoms with van der Waals surface area (Å²) < 4.78 is 31.2. The fourth-order valence-electron chi connectivity index (χ4n) is 2.22. The summed E-state index contributed by atoms with van der Waals surface area (Å²) in [6.45, 7) is 0.820. The fourth-order valence-corrected chi connectivity index (χ4v) is 2.22. The van der Waals surface area contributed by atoms with E-state index in [2.05, 4.69) is 0 Å². The average Bonchev–Trinajstić information content (AvgIpc) is 1.92. The molecule has 2 bridgehead atoms. The zero-order valence-electron chi connectivity index (χ0n) is 6.80. The topological polar surface area (TPSA) is 35.2 Å². The Kier molecular flexibility index (Phi) is 1.84. The predicted molar refractivity (Wildman–Crippen MR) is 40.0 cm³/mol. The van der Waals surface area contributed by atoms with Crippen molar-refractivity contribution in [2.45, 2.75) is 24.8 Å². The number of hydrogen-bond acceptors (Lipinski definition) is 2. The molecule has 2 fully saturated rings. The minimum absolute atomic E-state index is 0.0709. The lowest BCUT2D eigenvalue weighted by atomic mass is 9.74. The Morgan fingerprint density at radius 1 is 1.17 bits per heavy atom. The molecule has 0 spiro atoms. The standard InChI is InChI=1S/C8H13F2NO/c9-8(10)1-5-3-12-4-6(2-8)7(5)11/h5-7H,1-4,11H2. The molecule has 0 aromatic rings. The maximum absolute atomic E-state index is 13.0. The Morgan fingerprint density at radius 3 is 2.17 bits per heavy atom. The minimum atomic E-state index is -2.50. The summed E-state index contributed by atoms with van der Waals surface area (Å²) in [5, 5.41) is 0. The van der Waals surface area contributed by atoms with Gasteiger partial charge in [-0.3, -0.25) is 0 Å². The van der Waals surface area contributed by atoms with Crippen molar-refractivity contribution in [3.8, 4) is 0 Å². The van der Waals surface area contributed by atoms with E-state index in [9.17, 15) is 8.78 Å². The number of alkyl halides is 2. The number of fused-ring (bicyclic) bond motifs is 2. The van der Waals surface area contributed by atoms with Crippen molar-refractivity contribution in [3.63, 3.8) is 0 Å². The molecule has 1 aliphatic carbocycles. The maximum Gasteiger partial charge on any atom is 0.249 e. The van der Waals surface area contributed by atoms with Crippen LogP contribution >= 0.6 is 0 Å². The van der Waals surface area contributed by atoms with Crippen LogP contribution in [-0.4, -0.2) is 25.2 Å². The molecule has 0 aromatic carbocycles. The summed E-state index contributed by atoms with van der Waals surface area (Å²) in [7, 11) is 0. The SMILES string of the molecule is NC1C2COCC1CC(F)(F)C2. The largest absolute Gasteiger partial charge is 0.381 e. The smallest absolute Gasteiger partial charge is 0.249 e. The molecule has 4 heteroatoms. The highest BCUT2D eigenvalue weighted by Crippen LogP contribution is 2.41. The van der Waals surface area contributed by atoms with Crippen LogP contribution in [0.4, 0.5) is 8.78 Å². The van der Waals surface area contributed by atoms with Gasteiger partial charge in [-0.25, -0.2) is 8.78 Å². The third kappa shape index (κ3) is 1.33. The monoisotopic (exact) mass is 177 g/mol. The summed E-state index contributed by atoms with van der Waals surface area (Å²) in [5.41, 5.74) is 5.79. The van der Waals surface area contributed by atoms with Crippen molar-refractivity contribution in [2.75, 3.05) is 13.2 Å². The molecule has 2 N–H and O–H groups in total. The van der Waals surface area contributed by atoms with E-state index in [1.54, 1.807) is 0 Å². The molecule has 1 heterocycles. The summed E-state index contributed by atoms with van der Waals surface area (Å²) in [4.78, 5) is 0. The third-order valence-electron chi connectivity index (χ3n) is 2.87. The second kappa shape index (κ2) is 2.64. The van der Waals surface area contributed by atoms with Crippen molar-refractivity contribution >= 4 is 0 Å². The molecular weight excluding hydrogens is 164 g/mol. The van der Waals surface area contributed by atoms with E-state index >= 15 is 0 Å². The van der Waals surface area contributed by atoms with Gasteiger partial charge in [0.05, 0.1) is 13.2 Å². The lowest BCUT2D eigenvalue weighted by Crippen LogP contribution is -2.53. The predicted octanol–water partition coefficient (Wildman–Crippen LogP) is 1.01. The molecule has 0 radical (unpaired) electrons. The summed E-state index contributed by atoms with van der Waals surface area (Å²) in [5.74, 6) is -2.77. The first-order chi connectivity index (χ1) is 5.58. The molecule has 2 atom stereocenters. The molecule has 12 heavy (non-hydrogen) atoms. The van der Waals surface area contributed by atoms with Crippen LogP contribution in [0.1, 0.15) is 12.8 Å².